The standard InChI is InChI=1S/C19H21NO3S/c1-3-23-19(22)17(13-24-2)20-18(21)16-12-8-7-11-15(16)14-9-5-4-6-10-14/h4-12,17H,3,13H2,1-2H3,(H,20,21). The van der Waals surface area contributed by atoms with Crippen molar-refractivity contribution in [3.63, 3.8) is 0 Å². The summed E-state index contributed by atoms with van der Waals surface area (Å²) in [4.78, 5) is 24.7. The van der Waals surface area contributed by atoms with E-state index in [1.54, 1.807) is 13.0 Å². The molecule has 0 aliphatic rings. The molecule has 2 rings (SSSR count). The predicted octanol–water partition coefficient (Wildman–Crippen LogP) is 3.38. The summed E-state index contributed by atoms with van der Waals surface area (Å²) in [6, 6.07) is 16.4. The van der Waals surface area contributed by atoms with Crippen LogP contribution in [0.5, 0.6) is 0 Å². The molecule has 126 valence electrons. The lowest BCUT2D eigenvalue weighted by atomic mass is 9.99. The molecule has 0 heterocycles. The monoisotopic (exact) mass is 343 g/mol. The van der Waals surface area contributed by atoms with Crippen LogP contribution in [-0.2, 0) is 9.53 Å². The smallest absolute Gasteiger partial charge is 0.329 e. The van der Waals surface area contributed by atoms with Crippen LogP contribution in [0.3, 0.4) is 0 Å². The molecule has 0 saturated heterocycles. The summed E-state index contributed by atoms with van der Waals surface area (Å²) in [6.45, 7) is 2.04. The van der Waals surface area contributed by atoms with Crippen molar-refractivity contribution in [1.29, 1.82) is 0 Å². The summed E-state index contributed by atoms with van der Waals surface area (Å²) in [7, 11) is 0. The number of rotatable bonds is 7. The Morgan fingerprint density at radius 2 is 1.75 bits per heavy atom. The maximum Gasteiger partial charge on any atom is 0.329 e. The average molecular weight is 343 g/mol. The van der Waals surface area contributed by atoms with E-state index in [9.17, 15) is 9.59 Å². The minimum atomic E-state index is -0.656. The Labute approximate surface area is 146 Å². The number of hydrogen-bond donors (Lipinski definition) is 1. The molecule has 24 heavy (non-hydrogen) atoms. The average Bonchev–Trinajstić information content (AvgIpc) is 2.62. The van der Waals surface area contributed by atoms with Crippen molar-refractivity contribution in [2.45, 2.75) is 13.0 Å². The number of benzene rings is 2. The van der Waals surface area contributed by atoms with E-state index < -0.39 is 12.0 Å². The Hall–Kier alpha value is -2.27. The first-order valence-corrected chi connectivity index (χ1v) is 9.17. The molecule has 1 atom stereocenters. The third-order valence-corrected chi connectivity index (χ3v) is 4.13. The summed E-state index contributed by atoms with van der Waals surface area (Å²) in [5, 5.41) is 2.79. The van der Waals surface area contributed by atoms with E-state index in [-0.39, 0.29) is 5.91 Å². The second kappa shape index (κ2) is 9.13. The summed E-state index contributed by atoms with van der Waals surface area (Å²) in [5.74, 6) is -0.211. The first kappa shape index (κ1) is 18.1. The van der Waals surface area contributed by atoms with Crippen molar-refractivity contribution in [3.05, 3.63) is 60.2 Å². The van der Waals surface area contributed by atoms with Crippen LogP contribution in [0, 0.1) is 0 Å². The number of esters is 1. The van der Waals surface area contributed by atoms with E-state index in [1.165, 1.54) is 11.8 Å². The second-order valence-electron chi connectivity index (χ2n) is 5.15. The van der Waals surface area contributed by atoms with Gasteiger partial charge >= 0.3 is 5.97 Å². The Morgan fingerprint density at radius 3 is 2.42 bits per heavy atom. The molecule has 0 aliphatic heterocycles. The van der Waals surface area contributed by atoms with Crippen molar-refractivity contribution < 1.29 is 14.3 Å². The molecule has 0 aromatic heterocycles. The van der Waals surface area contributed by atoms with Crippen molar-refractivity contribution in [2.75, 3.05) is 18.6 Å². The fraction of sp³-hybridized carbons (Fsp3) is 0.263. The number of amides is 1. The third-order valence-electron chi connectivity index (χ3n) is 3.47. The second-order valence-corrected chi connectivity index (χ2v) is 6.06. The normalized spacial score (nSPS) is 11.6. The molecule has 0 fully saturated rings. The van der Waals surface area contributed by atoms with Gasteiger partial charge in [-0.2, -0.15) is 11.8 Å². The Morgan fingerprint density at radius 1 is 1.08 bits per heavy atom. The third kappa shape index (κ3) is 4.61. The zero-order valence-corrected chi connectivity index (χ0v) is 14.6. The quantitative estimate of drug-likeness (QED) is 0.783. The molecule has 0 spiro atoms. The fourth-order valence-electron chi connectivity index (χ4n) is 2.36. The van der Waals surface area contributed by atoms with Crippen LogP contribution in [0.15, 0.2) is 54.6 Å². The van der Waals surface area contributed by atoms with Gasteiger partial charge in [0.2, 0.25) is 0 Å². The Bertz CT molecular complexity index is 688. The molecule has 1 unspecified atom stereocenters. The summed E-state index contributed by atoms with van der Waals surface area (Å²) in [6.07, 6.45) is 1.89. The van der Waals surface area contributed by atoms with Crippen molar-refractivity contribution in [1.82, 2.24) is 5.32 Å². The van der Waals surface area contributed by atoms with Crippen LogP contribution in [0.1, 0.15) is 17.3 Å². The van der Waals surface area contributed by atoms with Crippen LogP contribution in [0.25, 0.3) is 11.1 Å². The zero-order valence-electron chi connectivity index (χ0n) is 13.8. The number of carbonyl (C=O) groups is 2. The Kier molecular flexibility index (Phi) is 6.88. The number of carbonyl (C=O) groups excluding carboxylic acids is 2. The number of ether oxygens (including phenoxy) is 1. The maximum absolute atomic E-state index is 12.7. The van der Waals surface area contributed by atoms with Crippen LogP contribution >= 0.6 is 11.8 Å². The van der Waals surface area contributed by atoms with E-state index in [4.69, 9.17) is 4.74 Å². The zero-order chi connectivity index (χ0) is 17.4. The summed E-state index contributed by atoms with van der Waals surface area (Å²) in [5.41, 5.74) is 2.34. The highest BCUT2D eigenvalue weighted by atomic mass is 32.2. The lowest BCUT2D eigenvalue weighted by Crippen LogP contribution is -2.43. The van der Waals surface area contributed by atoms with E-state index in [0.29, 0.717) is 17.9 Å². The Balaban J connectivity index is 2.25. The van der Waals surface area contributed by atoms with E-state index in [1.807, 2.05) is 54.8 Å². The van der Waals surface area contributed by atoms with Gasteiger partial charge in [0.15, 0.2) is 0 Å². The first-order valence-electron chi connectivity index (χ1n) is 7.78. The molecule has 5 heteroatoms. The number of nitrogens with one attached hydrogen (secondary N) is 1. The van der Waals surface area contributed by atoms with Crippen LogP contribution < -0.4 is 5.32 Å². The van der Waals surface area contributed by atoms with Gasteiger partial charge < -0.3 is 10.1 Å². The summed E-state index contributed by atoms with van der Waals surface area (Å²) >= 11 is 1.49. The van der Waals surface area contributed by atoms with Gasteiger partial charge in [0.1, 0.15) is 6.04 Å². The summed E-state index contributed by atoms with van der Waals surface area (Å²) < 4.78 is 5.04. The molecule has 4 nitrogen and oxygen atoms in total. The maximum atomic E-state index is 12.7. The van der Waals surface area contributed by atoms with Gasteiger partial charge in [0.25, 0.3) is 5.91 Å². The number of hydrogen-bond acceptors (Lipinski definition) is 4. The van der Waals surface area contributed by atoms with Gasteiger partial charge in [-0.05, 0) is 30.4 Å². The first-order chi connectivity index (χ1) is 11.7. The van der Waals surface area contributed by atoms with Gasteiger partial charge in [-0.25, -0.2) is 4.79 Å². The lowest BCUT2D eigenvalue weighted by Gasteiger charge is -2.17. The van der Waals surface area contributed by atoms with Crippen LogP contribution in [0.4, 0.5) is 0 Å². The minimum Gasteiger partial charge on any atom is -0.464 e. The van der Waals surface area contributed by atoms with Gasteiger partial charge in [-0.3, -0.25) is 4.79 Å². The highest BCUT2D eigenvalue weighted by Crippen LogP contribution is 2.23. The number of thioether (sulfide) groups is 1. The lowest BCUT2D eigenvalue weighted by molar-refractivity contribution is -0.144. The SMILES string of the molecule is CCOC(=O)C(CSC)NC(=O)c1ccccc1-c1ccccc1. The fourth-order valence-corrected chi connectivity index (χ4v) is 2.92. The molecular weight excluding hydrogens is 322 g/mol. The molecule has 2 aromatic rings. The van der Waals surface area contributed by atoms with Crippen molar-refractivity contribution in [3.8, 4) is 11.1 Å². The molecule has 2 aromatic carbocycles. The van der Waals surface area contributed by atoms with Gasteiger partial charge in [-0.15, -0.1) is 0 Å². The van der Waals surface area contributed by atoms with Crippen LogP contribution in [0.2, 0.25) is 0 Å². The molecule has 0 saturated carbocycles. The molecule has 0 bridgehead atoms. The minimum absolute atomic E-state index is 0.276. The molecule has 0 aliphatic carbocycles. The van der Waals surface area contributed by atoms with E-state index >= 15 is 0 Å². The largest absolute Gasteiger partial charge is 0.464 e. The van der Waals surface area contributed by atoms with E-state index in [2.05, 4.69) is 5.32 Å². The molecule has 0 radical (unpaired) electrons. The molecule has 1 N–H and O–H groups in total. The van der Waals surface area contributed by atoms with E-state index in [0.717, 1.165) is 11.1 Å². The van der Waals surface area contributed by atoms with Crippen molar-refractivity contribution in [2.24, 2.45) is 0 Å². The highest BCUT2D eigenvalue weighted by Gasteiger charge is 2.23. The predicted molar refractivity (Wildman–Crippen MR) is 98.1 cm³/mol. The van der Waals surface area contributed by atoms with Crippen LogP contribution in [-0.4, -0.2) is 36.5 Å². The van der Waals surface area contributed by atoms with Crippen molar-refractivity contribution >= 4 is 23.6 Å². The molecule has 1 amide bonds. The highest BCUT2D eigenvalue weighted by molar-refractivity contribution is 7.98. The topological polar surface area (TPSA) is 55.4 Å². The molecular formula is C19H21NO3S. The van der Waals surface area contributed by atoms with Gasteiger partial charge in [-0.1, -0.05) is 48.5 Å². The van der Waals surface area contributed by atoms with Gasteiger partial charge in [0, 0.05) is 11.3 Å². The van der Waals surface area contributed by atoms with Gasteiger partial charge in [0.05, 0.1) is 6.61 Å².